The molecule has 27 heavy (non-hydrogen) atoms. The molecule has 0 fully saturated rings. The Hall–Kier alpha value is -2.68. The molecule has 0 aromatic heterocycles. The Balaban J connectivity index is 1.67. The van der Waals surface area contributed by atoms with E-state index in [9.17, 15) is 19.2 Å². The van der Waals surface area contributed by atoms with Gasteiger partial charge in [0.25, 0.3) is 11.8 Å². The second-order valence-electron chi connectivity index (χ2n) is 5.72. The van der Waals surface area contributed by atoms with E-state index in [1.807, 2.05) is 0 Å². The van der Waals surface area contributed by atoms with E-state index in [2.05, 4.69) is 33.1 Å². The highest BCUT2D eigenvalue weighted by atomic mass is 79.9. The second kappa shape index (κ2) is 9.86. The van der Waals surface area contributed by atoms with Crippen molar-refractivity contribution in [1.82, 2.24) is 15.5 Å². The molecule has 2 rings (SSSR count). The van der Waals surface area contributed by atoms with Crippen LogP contribution in [0, 0.1) is 0 Å². The second-order valence-corrected chi connectivity index (χ2v) is 6.63. The molecule has 0 unspecified atom stereocenters. The fourth-order valence-corrected chi connectivity index (χ4v) is 2.87. The summed E-state index contributed by atoms with van der Waals surface area (Å²) >= 11 is 3.28. The highest BCUT2D eigenvalue weighted by molar-refractivity contribution is 9.10. The molecule has 0 atom stereocenters. The van der Waals surface area contributed by atoms with Crippen molar-refractivity contribution >= 4 is 39.7 Å². The Labute approximate surface area is 165 Å². The van der Waals surface area contributed by atoms with Crippen LogP contribution in [0.25, 0.3) is 0 Å². The number of fused-ring (bicyclic) bond motifs is 1. The highest BCUT2D eigenvalue weighted by Gasteiger charge is 2.35. The number of amides is 4. The van der Waals surface area contributed by atoms with E-state index in [0.29, 0.717) is 17.5 Å². The molecule has 8 nitrogen and oxygen atoms in total. The van der Waals surface area contributed by atoms with Crippen LogP contribution in [0.2, 0.25) is 0 Å². The molecule has 1 aliphatic rings. The monoisotopic (exact) mass is 437 g/mol. The van der Waals surface area contributed by atoms with E-state index in [4.69, 9.17) is 4.74 Å². The molecular formula is C18H20BrN3O5. The Kier molecular flexibility index (Phi) is 7.54. The number of hydrogen-bond acceptors (Lipinski definition) is 5. The Morgan fingerprint density at radius 2 is 1.85 bits per heavy atom. The summed E-state index contributed by atoms with van der Waals surface area (Å²) in [5.74, 6) is -0.917. The summed E-state index contributed by atoms with van der Waals surface area (Å²) in [6, 6.07) is 4.94. The first-order valence-electron chi connectivity index (χ1n) is 8.38. The van der Waals surface area contributed by atoms with Crippen molar-refractivity contribution < 1.29 is 23.9 Å². The van der Waals surface area contributed by atoms with E-state index in [-0.39, 0.29) is 50.4 Å². The molecule has 1 aromatic carbocycles. The van der Waals surface area contributed by atoms with Crippen LogP contribution in [0.4, 0.5) is 4.79 Å². The third-order valence-corrected chi connectivity index (χ3v) is 4.26. The number of carbonyl (C=O) groups excluding carboxylic acids is 4. The summed E-state index contributed by atoms with van der Waals surface area (Å²) in [6.07, 6.45) is 1.39. The van der Waals surface area contributed by atoms with Crippen LogP contribution in [0.1, 0.15) is 33.6 Å². The molecule has 4 amide bonds. The first-order valence-corrected chi connectivity index (χ1v) is 9.17. The summed E-state index contributed by atoms with van der Waals surface area (Å²) in [4.78, 5) is 48.7. The van der Waals surface area contributed by atoms with Gasteiger partial charge >= 0.3 is 6.09 Å². The van der Waals surface area contributed by atoms with Gasteiger partial charge in [0, 0.05) is 30.5 Å². The number of benzene rings is 1. The maximum atomic E-state index is 12.3. The van der Waals surface area contributed by atoms with Gasteiger partial charge in [-0.05, 0) is 24.6 Å². The summed E-state index contributed by atoms with van der Waals surface area (Å²) in [5.41, 5.74) is 0.746. The summed E-state index contributed by atoms with van der Waals surface area (Å²) in [5, 5.41) is 5.12. The van der Waals surface area contributed by atoms with Crippen molar-refractivity contribution in [3.63, 3.8) is 0 Å². The molecule has 9 heteroatoms. The van der Waals surface area contributed by atoms with Gasteiger partial charge in [-0.1, -0.05) is 28.6 Å². The highest BCUT2D eigenvalue weighted by Crippen LogP contribution is 2.26. The summed E-state index contributed by atoms with van der Waals surface area (Å²) in [7, 11) is 0. The lowest BCUT2D eigenvalue weighted by Crippen LogP contribution is -2.35. The minimum Gasteiger partial charge on any atom is -0.445 e. The fraction of sp³-hybridized carbons (Fsp3) is 0.333. The van der Waals surface area contributed by atoms with Gasteiger partial charge < -0.3 is 15.4 Å². The van der Waals surface area contributed by atoms with Crippen molar-refractivity contribution in [2.45, 2.75) is 12.8 Å². The smallest absolute Gasteiger partial charge is 0.407 e. The minimum absolute atomic E-state index is 0.118. The van der Waals surface area contributed by atoms with Crippen molar-refractivity contribution in [2.75, 3.05) is 26.2 Å². The van der Waals surface area contributed by atoms with Crippen molar-refractivity contribution in [2.24, 2.45) is 0 Å². The van der Waals surface area contributed by atoms with Gasteiger partial charge in [0.15, 0.2) is 0 Å². The molecule has 0 spiro atoms. The molecule has 144 valence electrons. The first-order chi connectivity index (χ1) is 12.9. The van der Waals surface area contributed by atoms with Crippen LogP contribution >= 0.6 is 15.9 Å². The molecule has 1 aliphatic heterocycles. The van der Waals surface area contributed by atoms with Crippen LogP contribution in [0.15, 0.2) is 35.3 Å². The third kappa shape index (κ3) is 5.65. The molecule has 0 aliphatic carbocycles. The zero-order chi connectivity index (χ0) is 19.8. The van der Waals surface area contributed by atoms with E-state index < -0.39 is 6.09 Å². The van der Waals surface area contributed by atoms with Gasteiger partial charge in [0.05, 0.1) is 11.1 Å². The van der Waals surface area contributed by atoms with Crippen LogP contribution in [-0.2, 0) is 9.53 Å². The van der Waals surface area contributed by atoms with Gasteiger partial charge in [-0.3, -0.25) is 19.3 Å². The number of nitrogens with one attached hydrogen (secondary N) is 2. The van der Waals surface area contributed by atoms with E-state index in [0.717, 1.165) is 9.37 Å². The quantitative estimate of drug-likeness (QED) is 0.348. The van der Waals surface area contributed by atoms with Crippen LogP contribution in [-0.4, -0.2) is 55.0 Å². The number of hydrogen-bond donors (Lipinski definition) is 2. The van der Waals surface area contributed by atoms with Gasteiger partial charge in [0.1, 0.15) is 6.61 Å². The van der Waals surface area contributed by atoms with Gasteiger partial charge in [0.2, 0.25) is 5.91 Å². The van der Waals surface area contributed by atoms with E-state index >= 15 is 0 Å². The molecule has 0 saturated heterocycles. The minimum atomic E-state index is -0.582. The van der Waals surface area contributed by atoms with Gasteiger partial charge in [-0.15, -0.1) is 0 Å². The lowest BCUT2D eigenvalue weighted by molar-refractivity contribution is -0.121. The molecule has 0 radical (unpaired) electrons. The van der Waals surface area contributed by atoms with E-state index in [1.165, 1.54) is 6.08 Å². The molecule has 0 bridgehead atoms. The Morgan fingerprint density at radius 3 is 2.59 bits per heavy atom. The maximum absolute atomic E-state index is 12.3. The van der Waals surface area contributed by atoms with Gasteiger partial charge in [-0.2, -0.15) is 0 Å². The van der Waals surface area contributed by atoms with Crippen LogP contribution in [0.5, 0.6) is 0 Å². The zero-order valence-corrected chi connectivity index (χ0v) is 16.2. The molecular weight excluding hydrogens is 418 g/mol. The predicted molar refractivity (Wildman–Crippen MR) is 101 cm³/mol. The Bertz CT molecular complexity index is 765. The van der Waals surface area contributed by atoms with E-state index in [1.54, 1.807) is 18.2 Å². The number of imide groups is 1. The Morgan fingerprint density at radius 1 is 1.15 bits per heavy atom. The predicted octanol–water partition coefficient (Wildman–Crippen LogP) is 1.85. The topological polar surface area (TPSA) is 105 Å². The normalized spacial score (nSPS) is 12.6. The largest absolute Gasteiger partial charge is 0.445 e. The van der Waals surface area contributed by atoms with Gasteiger partial charge in [-0.25, -0.2) is 4.79 Å². The molecule has 0 saturated carbocycles. The van der Waals surface area contributed by atoms with Crippen molar-refractivity contribution in [3.05, 3.63) is 46.5 Å². The molecule has 1 heterocycles. The van der Waals surface area contributed by atoms with Crippen LogP contribution in [0.3, 0.4) is 0 Å². The molecule has 1 aromatic rings. The lowest BCUT2D eigenvalue weighted by Gasteiger charge is -2.13. The number of halogens is 1. The number of nitrogens with zero attached hydrogens (tertiary/aromatic N) is 1. The number of rotatable bonds is 9. The summed E-state index contributed by atoms with van der Waals surface area (Å²) in [6.45, 7) is 4.20. The first kappa shape index (κ1) is 20.6. The van der Waals surface area contributed by atoms with Crippen molar-refractivity contribution in [1.29, 1.82) is 0 Å². The fourth-order valence-electron chi connectivity index (χ4n) is 2.50. The average Bonchev–Trinajstić information content (AvgIpc) is 2.87. The number of alkyl carbamates (subject to hydrolysis) is 1. The lowest BCUT2D eigenvalue weighted by atomic mass is 10.1. The maximum Gasteiger partial charge on any atom is 0.407 e. The average molecular weight is 438 g/mol. The van der Waals surface area contributed by atoms with Crippen molar-refractivity contribution in [3.8, 4) is 0 Å². The van der Waals surface area contributed by atoms with Crippen LogP contribution < -0.4 is 10.6 Å². The number of ether oxygens (including phenoxy) is 1. The zero-order valence-electron chi connectivity index (χ0n) is 14.6. The number of carbonyl (C=O) groups is 4. The third-order valence-electron chi connectivity index (χ3n) is 3.77. The SMILES string of the molecule is C=CCOC(=O)NCCNC(=O)CCCN1C(=O)c2ccc(Br)cc2C1=O. The molecule has 2 N–H and O–H groups in total. The summed E-state index contributed by atoms with van der Waals surface area (Å²) < 4.78 is 5.45. The standard InChI is InChI=1S/C18H20BrN3O5/c1-2-10-27-18(26)21-8-7-20-15(23)4-3-9-22-16(24)13-6-5-12(19)11-14(13)17(22)25/h2,5-6,11H,1,3-4,7-10H2,(H,20,23)(H,21,26).